The van der Waals surface area contributed by atoms with E-state index < -0.39 is 15.6 Å². The van der Waals surface area contributed by atoms with Crippen molar-refractivity contribution in [3.05, 3.63) is 58.6 Å². The van der Waals surface area contributed by atoms with Gasteiger partial charge in [0.05, 0.1) is 17.0 Å². The molecule has 1 spiro atoms. The summed E-state index contributed by atoms with van der Waals surface area (Å²) in [4.78, 5) is 14.4. The first-order valence-electron chi connectivity index (χ1n) is 11.9. The molecule has 3 fully saturated rings. The van der Waals surface area contributed by atoms with Crippen molar-refractivity contribution in [2.24, 2.45) is 0 Å². The van der Waals surface area contributed by atoms with E-state index in [4.69, 9.17) is 16.3 Å². The first-order valence-corrected chi connectivity index (χ1v) is 13.7. The minimum Gasteiger partial charge on any atom is -0.363 e. The second kappa shape index (κ2) is 8.19. The molecule has 0 radical (unpaired) electrons. The summed E-state index contributed by atoms with van der Waals surface area (Å²) in [7, 11) is -3.67. The van der Waals surface area contributed by atoms with Crippen LogP contribution in [-0.4, -0.2) is 61.4 Å². The number of carbonyl (C=O) groups is 1. The standard InChI is InChI=1S/C26H27ClN2O4S/c27-24-15-22(8-9-23(24)20-5-4-18-2-1-3-19(18)14-20)34(31,32)28-12-10-26(11-13-28)17-29(21-6-7-21)25(30)16-33-26/h1-2,4-5,8-9,14-15,21H,3,6-7,10-13,16-17H2. The zero-order valence-corrected chi connectivity index (χ0v) is 20.4. The molecule has 0 atom stereocenters. The van der Waals surface area contributed by atoms with Crippen molar-refractivity contribution in [3.63, 3.8) is 0 Å². The van der Waals surface area contributed by atoms with Gasteiger partial charge in [-0.05, 0) is 60.9 Å². The van der Waals surface area contributed by atoms with Crippen LogP contribution in [0.3, 0.4) is 0 Å². The van der Waals surface area contributed by atoms with E-state index in [-0.39, 0.29) is 17.4 Å². The fourth-order valence-corrected chi connectivity index (χ4v) is 7.19. The predicted octanol–water partition coefficient (Wildman–Crippen LogP) is 4.12. The van der Waals surface area contributed by atoms with Crippen LogP contribution < -0.4 is 0 Å². The number of ether oxygens (including phenoxy) is 1. The van der Waals surface area contributed by atoms with Gasteiger partial charge < -0.3 is 9.64 Å². The van der Waals surface area contributed by atoms with E-state index in [1.807, 2.05) is 11.0 Å². The number of halogens is 1. The van der Waals surface area contributed by atoms with Gasteiger partial charge in [0.1, 0.15) is 6.61 Å². The van der Waals surface area contributed by atoms with Gasteiger partial charge in [-0.2, -0.15) is 4.31 Å². The predicted molar refractivity (Wildman–Crippen MR) is 131 cm³/mol. The lowest BCUT2D eigenvalue weighted by molar-refractivity contribution is -0.170. The van der Waals surface area contributed by atoms with E-state index in [2.05, 4.69) is 24.3 Å². The molecule has 2 heterocycles. The van der Waals surface area contributed by atoms with Crippen LogP contribution in [0.1, 0.15) is 36.8 Å². The van der Waals surface area contributed by atoms with E-state index >= 15 is 0 Å². The van der Waals surface area contributed by atoms with Crippen molar-refractivity contribution < 1.29 is 17.9 Å². The van der Waals surface area contributed by atoms with Crippen LogP contribution in [0.4, 0.5) is 0 Å². The van der Waals surface area contributed by atoms with Gasteiger partial charge in [-0.25, -0.2) is 8.42 Å². The topological polar surface area (TPSA) is 66.9 Å². The quantitative estimate of drug-likeness (QED) is 0.636. The number of fused-ring (bicyclic) bond motifs is 1. The molecule has 2 aromatic rings. The highest BCUT2D eigenvalue weighted by Crippen LogP contribution is 2.38. The molecule has 6 nitrogen and oxygen atoms in total. The number of hydrogen-bond donors (Lipinski definition) is 0. The molecular formula is C26H27ClN2O4S. The molecule has 0 aromatic heterocycles. The lowest BCUT2D eigenvalue weighted by atomic mass is 9.90. The first-order chi connectivity index (χ1) is 16.3. The first kappa shape index (κ1) is 22.3. The number of benzene rings is 2. The second-order valence-electron chi connectivity index (χ2n) is 9.79. The van der Waals surface area contributed by atoms with Crippen LogP contribution in [0.15, 0.2) is 47.4 Å². The van der Waals surface area contributed by atoms with Crippen LogP contribution >= 0.6 is 11.6 Å². The summed E-state index contributed by atoms with van der Waals surface area (Å²) < 4.78 is 34.3. The molecule has 1 saturated carbocycles. The van der Waals surface area contributed by atoms with Gasteiger partial charge in [-0.15, -0.1) is 0 Å². The van der Waals surface area contributed by atoms with Crippen LogP contribution in [0.5, 0.6) is 0 Å². The SMILES string of the molecule is O=C1COC2(CCN(S(=O)(=O)c3ccc(-c4ccc5c(c4)CC=C5)c(Cl)c3)CC2)CN1C1CC1. The van der Waals surface area contributed by atoms with Gasteiger partial charge in [0, 0.05) is 29.7 Å². The highest BCUT2D eigenvalue weighted by atomic mass is 35.5. The third-order valence-corrected chi connectivity index (χ3v) is 9.78. The van der Waals surface area contributed by atoms with Gasteiger partial charge in [0.2, 0.25) is 15.9 Å². The van der Waals surface area contributed by atoms with Crippen LogP contribution in [0.25, 0.3) is 17.2 Å². The monoisotopic (exact) mass is 498 g/mol. The Morgan fingerprint density at radius 1 is 1.06 bits per heavy atom. The van der Waals surface area contributed by atoms with Crippen LogP contribution in [0.2, 0.25) is 5.02 Å². The third-order valence-electron chi connectivity index (χ3n) is 7.57. The Balaban J connectivity index is 1.18. The molecular weight excluding hydrogens is 472 g/mol. The Hall–Kier alpha value is -2.19. The van der Waals surface area contributed by atoms with E-state index in [0.717, 1.165) is 30.4 Å². The molecule has 0 unspecified atom stereocenters. The highest BCUT2D eigenvalue weighted by Gasteiger charge is 2.47. The number of sulfonamides is 1. The summed E-state index contributed by atoms with van der Waals surface area (Å²) in [5, 5.41) is 0.426. The van der Waals surface area contributed by atoms with E-state index in [1.165, 1.54) is 15.4 Å². The maximum absolute atomic E-state index is 13.4. The Morgan fingerprint density at radius 3 is 2.59 bits per heavy atom. The molecule has 0 N–H and O–H groups in total. The highest BCUT2D eigenvalue weighted by molar-refractivity contribution is 7.89. The Labute approximate surface area is 205 Å². The Bertz CT molecular complexity index is 1290. The van der Waals surface area contributed by atoms with Crippen molar-refractivity contribution in [2.45, 2.75) is 48.6 Å². The molecule has 34 heavy (non-hydrogen) atoms. The van der Waals surface area contributed by atoms with Crippen molar-refractivity contribution in [3.8, 4) is 11.1 Å². The van der Waals surface area contributed by atoms with Crippen LogP contribution in [0, 0.1) is 0 Å². The second-order valence-corrected chi connectivity index (χ2v) is 12.1. The lowest BCUT2D eigenvalue weighted by Crippen LogP contribution is -2.59. The van der Waals surface area contributed by atoms with E-state index in [1.54, 1.807) is 18.2 Å². The van der Waals surface area contributed by atoms with E-state index in [9.17, 15) is 13.2 Å². The average Bonchev–Trinajstić information content (AvgIpc) is 3.57. The Morgan fingerprint density at radius 2 is 1.85 bits per heavy atom. The molecule has 2 saturated heterocycles. The summed E-state index contributed by atoms with van der Waals surface area (Å²) in [6.45, 7) is 1.40. The number of carbonyl (C=O) groups excluding carboxylic acids is 1. The normalized spacial score (nSPS) is 22.4. The number of piperidine rings is 1. The van der Waals surface area contributed by atoms with Crippen molar-refractivity contribution in [1.82, 2.24) is 9.21 Å². The third kappa shape index (κ3) is 3.88. The minimum absolute atomic E-state index is 0.0533. The molecule has 8 heteroatoms. The maximum atomic E-state index is 13.4. The molecule has 2 aliphatic carbocycles. The largest absolute Gasteiger partial charge is 0.363 e. The van der Waals surface area contributed by atoms with Crippen molar-refractivity contribution in [1.29, 1.82) is 0 Å². The molecule has 6 rings (SSSR count). The summed E-state index contributed by atoms with van der Waals surface area (Å²) in [6, 6.07) is 11.6. The number of nitrogens with zero attached hydrogens (tertiary/aromatic N) is 2. The smallest absolute Gasteiger partial charge is 0.248 e. The zero-order valence-electron chi connectivity index (χ0n) is 18.9. The Kier molecular flexibility index (Phi) is 5.37. The maximum Gasteiger partial charge on any atom is 0.248 e. The fraction of sp³-hybridized carbons (Fsp3) is 0.423. The average molecular weight is 499 g/mol. The molecule has 1 amide bonds. The number of morpholine rings is 1. The van der Waals surface area contributed by atoms with Crippen molar-refractivity contribution >= 4 is 33.6 Å². The number of hydrogen-bond acceptors (Lipinski definition) is 4. The zero-order chi connectivity index (χ0) is 23.5. The van der Waals surface area contributed by atoms with Gasteiger partial charge >= 0.3 is 0 Å². The summed E-state index contributed by atoms with van der Waals surface area (Å²) in [5.41, 5.74) is 3.84. The van der Waals surface area contributed by atoms with Crippen molar-refractivity contribution in [2.75, 3.05) is 26.2 Å². The molecule has 178 valence electrons. The minimum atomic E-state index is -3.67. The summed E-state index contributed by atoms with van der Waals surface area (Å²) in [5.74, 6) is 0.0533. The summed E-state index contributed by atoms with van der Waals surface area (Å²) >= 11 is 6.59. The van der Waals surface area contributed by atoms with Crippen LogP contribution in [-0.2, 0) is 26.0 Å². The molecule has 0 bridgehead atoms. The number of allylic oxidation sites excluding steroid dienone is 1. The molecule has 2 aromatic carbocycles. The number of amides is 1. The summed E-state index contributed by atoms with van der Waals surface area (Å²) in [6.07, 6.45) is 8.42. The fourth-order valence-electron chi connectivity index (χ4n) is 5.36. The van der Waals surface area contributed by atoms with Gasteiger partial charge in [0.25, 0.3) is 0 Å². The van der Waals surface area contributed by atoms with Gasteiger partial charge in [-0.1, -0.05) is 48.0 Å². The van der Waals surface area contributed by atoms with Gasteiger partial charge in [0.15, 0.2) is 0 Å². The number of rotatable bonds is 4. The molecule has 2 aliphatic heterocycles. The van der Waals surface area contributed by atoms with E-state index in [0.29, 0.717) is 43.5 Å². The lowest BCUT2D eigenvalue weighted by Gasteiger charge is -2.46. The molecule has 4 aliphatic rings. The van der Waals surface area contributed by atoms with Gasteiger partial charge in [-0.3, -0.25) is 4.79 Å².